The van der Waals surface area contributed by atoms with Gasteiger partial charge in [0.15, 0.2) is 0 Å². The molecule has 0 saturated heterocycles. The van der Waals surface area contributed by atoms with Crippen molar-refractivity contribution in [2.24, 2.45) is 0 Å². The summed E-state index contributed by atoms with van der Waals surface area (Å²) in [4.78, 5) is 8.65. The Morgan fingerprint density at radius 3 is 2.46 bits per heavy atom. The molecule has 2 heterocycles. The Morgan fingerprint density at radius 2 is 1.82 bits per heavy atom. The molecule has 1 saturated carbocycles. The molecule has 0 bridgehead atoms. The third kappa shape index (κ3) is 3.82. The van der Waals surface area contributed by atoms with E-state index in [2.05, 4.69) is 31.5 Å². The van der Waals surface area contributed by atoms with Crippen LogP contribution in [0.5, 0.6) is 0 Å². The van der Waals surface area contributed by atoms with E-state index in [1.807, 2.05) is 18.2 Å². The number of anilines is 1. The van der Waals surface area contributed by atoms with Crippen LogP contribution < -0.4 is 5.32 Å². The molecule has 146 valence electrons. The van der Waals surface area contributed by atoms with Gasteiger partial charge in [0.05, 0.1) is 11.1 Å². The summed E-state index contributed by atoms with van der Waals surface area (Å²) in [7, 11) is 0. The van der Waals surface area contributed by atoms with Gasteiger partial charge in [-0.1, -0.05) is 43.0 Å². The van der Waals surface area contributed by atoms with E-state index in [9.17, 15) is 8.78 Å². The summed E-state index contributed by atoms with van der Waals surface area (Å²) in [6, 6.07) is 7.82. The molecule has 9 heteroatoms. The number of halogens is 3. The lowest BCUT2D eigenvalue weighted by atomic mass is 9.76. The average Bonchev–Trinajstić information content (AvgIpc) is 3.20. The van der Waals surface area contributed by atoms with Crippen molar-refractivity contribution in [3.05, 3.63) is 53.1 Å². The van der Waals surface area contributed by atoms with E-state index in [0.29, 0.717) is 16.5 Å². The Morgan fingerprint density at radius 1 is 1.07 bits per heavy atom. The molecular weight excluding hydrogens is 388 g/mol. The second-order valence-electron chi connectivity index (χ2n) is 6.82. The van der Waals surface area contributed by atoms with Crippen molar-refractivity contribution in [2.75, 3.05) is 5.32 Å². The van der Waals surface area contributed by atoms with E-state index in [0.717, 1.165) is 31.2 Å². The Bertz CT molecular complexity index is 942. The van der Waals surface area contributed by atoms with Crippen molar-refractivity contribution in [2.45, 2.75) is 44.1 Å². The summed E-state index contributed by atoms with van der Waals surface area (Å²) in [5.74, 6) is -0.317. The van der Waals surface area contributed by atoms with Crippen molar-refractivity contribution in [3.8, 4) is 11.5 Å². The number of hydrogen-bond donors (Lipinski definition) is 1. The van der Waals surface area contributed by atoms with Crippen LogP contribution in [0.2, 0.25) is 5.02 Å². The summed E-state index contributed by atoms with van der Waals surface area (Å²) in [6.45, 7) is 0. The number of benzene rings is 1. The van der Waals surface area contributed by atoms with Gasteiger partial charge in [0.1, 0.15) is 0 Å². The van der Waals surface area contributed by atoms with Crippen molar-refractivity contribution in [1.29, 1.82) is 0 Å². The molecule has 0 aliphatic heterocycles. The van der Waals surface area contributed by atoms with Crippen molar-refractivity contribution in [1.82, 2.24) is 20.2 Å². The number of aromatic nitrogens is 4. The van der Waals surface area contributed by atoms with Crippen LogP contribution in [0.4, 0.5) is 14.7 Å². The number of alkyl halides is 2. The number of nitrogens with zero attached hydrogens (tertiary/aromatic N) is 4. The van der Waals surface area contributed by atoms with E-state index in [1.165, 1.54) is 18.8 Å². The molecule has 4 rings (SSSR count). The highest BCUT2D eigenvalue weighted by atomic mass is 35.5. The molecular formula is C19H18ClF2N5O. The predicted molar refractivity (Wildman–Crippen MR) is 100 cm³/mol. The topological polar surface area (TPSA) is 76.7 Å². The monoisotopic (exact) mass is 405 g/mol. The molecule has 1 N–H and O–H groups in total. The molecule has 0 amide bonds. The quantitative estimate of drug-likeness (QED) is 0.613. The highest BCUT2D eigenvalue weighted by Gasteiger charge is 2.34. The number of hydrogen-bond acceptors (Lipinski definition) is 6. The first-order valence-electron chi connectivity index (χ1n) is 9.04. The van der Waals surface area contributed by atoms with Crippen molar-refractivity contribution < 1.29 is 13.2 Å². The first kappa shape index (κ1) is 18.7. The van der Waals surface area contributed by atoms with Crippen LogP contribution in [0.15, 0.2) is 41.1 Å². The maximum absolute atomic E-state index is 12.6. The van der Waals surface area contributed by atoms with Gasteiger partial charge in [0.2, 0.25) is 5.95 Å². The highest BCUT2D eigenvalue weighted by Crippen LogP contribution is 2.40. The molecule has 1 aromatic carbocycles. The summed E-state index contributed by atoms with van der Waals surface area (Å²) >= 11 is 6.21. The molecule has 1 fully saturated rings. The molecule has 0 unspecified atom stereocenters. The third-order valence-electron chi connectivity index (χ3n) is 4.96. The smallest absolute Gasteiger partial charge is 0.314 e. The fourth-order valence-electron chi connectivity index (χ4n) is 3.58. The first-order chi connectivity index (χ1) is 13.6. The average molecular weight is 406 g/mol. The Labute approximate surface area is 165 Å². The predicted octanol–water partition coefficient (Wildman–Crippen LogP) is 5.39. The summed E-state index contributed by atoms with van der Waals surface area (Å²) in [5.41, 5.74) is 1.19. The molecule has 1 aliphatic carbocycles. The van der Waals surface area contributed by atoms with Crippen molar-refractivity contribution >= 4 is 17.5 Å². The second-order valence-corrected chi connectivity index (χ2v) is 7.26. The molecule has 3 aromatic rings. The summed E-state index contributed by atoms with van der Waals surface area (Å²) in [5, 5.41) is 11.1. The molecule has 2 aromatic heterocycles. The molecule has 0 radical (unpaired) electrons. The molecule has 6 nitrogen and oxygen atoms in total. The SMILES string of the molecule is FC(F)c1nnc(-c2cnc(NC3(c4cccc(Cl)c4)CCCCC3)nc2)o1. The van der Waals surface area contributed by atoms with Gasteiger partial charge < -0.3 is 9.73 Å². The van der Waals surface area contributed by atoms with Gasteiger partial charge in [0.25, 0.3) is 11.8 Å². The standard InChI is InChI=1S/C19H18ClF2N5O/c20-14-6-4-5-13(9-14)19(7-2-1-3-8-19)25-18-23-10-12(11-24-18)16-26-27-17(28-16)15(21)22/h4-6,9-11,15H,1-3,7-8H2,(H,23,24,25). The van der Waals surface area contributed by atoms with E-state index in [1.54, 1.807) is 0 Å². The van der Waals surface area contributed by atoms with Crippen LogP contribution in [-0.2, 0) is 5.54 Å². The molecule has 0 spiro atoms. The fraction of sp³-hybridized carbons (Fsp3) is 0.368. The zero-order valence-electron chi connectivity index (χ0n) is 14.9. The Balaban J connectivity index is 1.59. The van der Waals surface area contributed by atoms with Crippen LogP contribution in [0.1, 0.15) is 50.0 Å². The zero-order valence-corrected chi connectivity index (χ0v) is 15.7. The van der Waals surface area contributed by atoms with Crippen LogP contribution in [0.3, 0.4) is 0 Å². The van der Waals surface area contributed by atoms with Crippen LogP contribution in [0, 0.1) is 0 Å². The largest absolute Gasteiger partial charge is 0.415 e. The van der Waals surface area contributed by atoms with Gasteiger partial charge in [-0.3, -0.25) is 0 Å². The van der Waals surface area contributed by atoms with E-state index in [4.69, 9.17) is 16.0 Å². The van der Waals surface area contributed by atoms with Crippen LogP contribution in [0.25, 0.3) is 11.5 Å². The minimum Gasteiger partial charge on any atom is -0.415 e. The van der Waals surface area contributed by atoms with Gasteiger partial charge in [-0.15, -0.1) is 10.2 Å². The van der Waals surface area contributed by atoms with Gasteiger partial charge in [-0.25, -0.2) is 9.97 Å². The van der Waals surface area contributed by atoms with Gasteiger partial charge in [-0.05, 0) is 30.5 Å². The summed E-state index contributed by atoms with van der Waals surface area (Å²) in [6.07, 6.45) is 5.41. The lowest BCUT2D eigenvalue weighted by Gasteiger charge is -2.38. The van der Waals surface area contributed by atoms with Crippen LogP contribution in [-0.4, -0.2) is 20.2 Å². The highest BCUT2D eigenvalue weighted by molar-refractivity contribution is 6.30. The van der Waals surface area contributed by atoms with Crippen molar-refractivity contribution in [3.63, 3.8) is 0 Å². The van der Waals surface area contributed by atoms with E-state index in [-0.39, 0.29) is 11.4 Å². The minimum absolute atomic E-state index is 0.0379. The van der Waals surface area contributed by atoms with Gasteiger partial charge in [0, 0.05) is 17.4 Å². The maximum Gasteiger partial charge on any atom is 0.314 e. The maximum atomic E-state index is 12.6. The zero-order chi connectivity index (χ0) is 19.6. The summed E-state index contributed by atoms with van der Waals surface area (Å²) < 4.78 is 30.1. The first-order valence-corrected chi connectivity index (χ1v) is 9.42. The minimum atomic E-state index is -2.81. The lowest BCUT2D eigenvalue weighted by molar-refractivity contribution is 0.116. The fourth-order valence-corrected chi connectivity index (χ4v) is 3.77. The van der Waals surface area contributed by atoms with E-state index >= 15 is 0 Å². The van der Waals surface area contributed by atoms with E-state index < -0.39 is 12.3 Å². The molecule has 1 aliphatic rings. The third-order valence-corrected chi connectivity index (χ3v) is 5.20. The lowest BCUT2D eigenvalue weighted by Crippen LogP contribution is -2.38. The van der Waals surface area contributed by atoms with Gasteiger partial charge >= 0.3 is 6.43 Å². The Kier molecular flexibility index (Phi) is 5.21. The second kappa shape index (κ2) is 7.79. The number of nitrogens with one attached hydrogen (secondary N) is 1. The number of rotatable bonds is 5. The Hall–Kier alpha value is -2.61. The van der Waals surface area contributed by atoms with Gasteiger partial charge in [-0.2, -0.15) is 8.78 Å². The van der Waals surface area contributed by atoms with Crippen LogP contribution >= 0.6 is 11.6 Å². The normalized spacial score (nSPS) is 16.3. The molecule has 0 atom stereocenters. The molecule has 28 heavy (non-hydrogen) atoms.